The molecule has 4 N–H and O–H groups in total. The number of carbonyl (C=O) groups is 2. The van der Waals surface area contributed by atoms with Gasteiger partial charge in [0, 0.05) is 12.0 Å². The fourth-order valence-corrected chi connectivity index (χ4v) is 5.97. The molecule has 5 fully saturated rings. The molecule has 0 aromatic heterocycles. The second-order valence-electron chi connectivity index (χ2n) is 10.7. The first-order valence-corrected chi connectivity index (χ1v) is 12.6. The van der Waals surface area contributed by atoms with Gasteiger partial charge in [-0.05, 0) is 50.9 Å². The van der Waals surface area contributed by atoms with E-state index < -0.39 is 34.8 Å². The third-order valence-electron chi connectivity index (χ3n) is 7.92. The summed E-state index contributed by atoms with van der Waals surface area (Å²) in [7, 11) is 0. The van der Waals surface area contributed by atoms with Crippen LogP contribution in [0.25, 0.3) is 0 Å². The Bertz CT molecular complexity index is 733. The maximum atomic E-state index is 13.8. The third kappa shape index (κ3) is 5.48. The lowest BCUT2D eigenvalue weighted by atomic mass is 9.60. The van der Waals surface area contributed by atoms with E-state index in [-0.39, 0.29) is 43.1 Å². The third-order valence-corrected chi connectivity index (χ3v) is 8.41. The highest BCUT2D eigenvalue weighted by molar-refractivity contribution is 6.21. The molecule has 0 spiro atoms. The van der Waals surface area contributed by atoms with Gasteiger partial charge in [0.25, 0.3) is 0 Å². The molecule has 4 aliphatic carbocycles. The first-order chi connectivity index (χ1) is 15.6. The number of hydrogen-bond donors (Lipinski definition) is 4. The second-order valence-corrected chi connectivity index (χ2v) is 11.2. The van der Waals surface area contributed by atoms with E-state index in [1.54, 1.807) is 0 Å². The fourth-order valence-electron chi connectivity index (χ4n) is 5.74. The topological polar surface area (TPSA) is 109 Å². The van der Waals surface area contributed by atoms with Crippen molar-refractivity contribution in [2.24, 2.45) is 5.92 Å². The van der Waals surface area contributed by atoms with Gasteiger partial charge in [0.05, 0.1) is 29.7 Å². The summed E-state index contributed by atoms with van der Waals surface area (Å²) in [5.41, 5.74) is -1.17. The molecule has 6 unspecified atom stereocenters. The molecule has 2 bridgehead atoms. The minimum atomic E-state index is -1.11. The zero-order valence-electron chi connectivity index (χ0n) is 19.4. The quantitative estimate of drug-likeness (QED) is 0.404. The van der Waals surface area contributed by atoms with Crippen LogP contribution in [0.5, 0.6) is 0 Å². The van der Waals surface area contributed by atoms with Crippen LogP contribution in [-0.4, -0.2) is 77.2 Å². The summed E-state index contributed by atoms with van der Waals surface area (Å²) in [6.45, 7) is 4.25. The number of aliphatic hydroxyl groups is 1. The van der Waals surface area contributed by atoms with Gasteiger partial charge in [-0.15, -0.1) is 11.6 Å². The molecular formula is C23H37ClFN3O5. The Kier molecular flexibility index (Phi) is 7.56. The van der Waals surface area contributed by atoms with Crippen LogP contribution >= 0.6 is 11.6 Å². The van der Waals surface area contributed by atoms with Crippen molar-refractivity contribution in [1.29, 1.82) is 0 Å². The fraction of sp³-hybridized carbons (Fsp3) is 0.913. The number of alkyl halides is 2. The Morgan fingerprint density at radius 2 is 1.97 bits per heavy atom. The molecular weight excluding hydrogens is 453 g/mol. The van der Waals surface area contributed by atoms with Gasteiger partial charge in [-0.2, -0.15) is 0 Å². The number of halogens is 2. The molecule has 2 amide bonds. The van der Waals surface area contributed by atoms with Crippen molar-refractivity contribution in [3.05, 3.63) is 0 Å². The first-order valence-electron chi connectivity index (χ1n) is 12.2. The van der Waals surface area contributed by atoms with Gasteiger partial charge in [-0.25, -0.2) is 4.39 Å². The smallest absolute Gasteiger partial charge is 0.246 e. The average molecular weight is 490 g/mol. The highest BCUT2D eigenvalue weighted by atomic mass is 35.5. The average Bonchev–Trinajstić information content (AvgIpc) is 3.27. The van der Waals surface area contributed by atoms with E-state index >= 15 is 0 Å². The van der Waals surface area contributed by atoms with Gasteiger partial charge in [-0.1, -0.05) is 13.8 Å². The van der Waals surface area contributed by atoms with Crippen molar-refractivity contribution in [2.75, 3.05) is 13.2 Å². The predicted octanol–water partition coefficient (Wildman–Crippen LogP) is 1.52. The molecule has 8 nitrogen and oxygen atoms in total. The molecule has 5 aliphatic rings. The van der Waals surface area contributed by atoms with E-state index in [1.807, 2.05) is 13.8 Å². The normalized spacial score (nSPS) is 43.0. The van der Waals surface area contributed by atoms with E-state index in [0.29, 0.717) is 51.6 Å². The number of hydrogen-bond acceptors (Lipinski definition) is 6. The maximum Gasteiger partial charge on any atom is 0.246 e. The number of carbonyl (C=O) groups excluding carboxylic acids is 2. The monoisotopic (exact) mass is 489 g/mol. The van der Waals surface area contributed by atoms with Crippen LogP contribution in [0.3, 0.4) is 0 Å². The summed E-state index contributed by atoms with van der Waals surface area (Å²) in [5, 5.41) is 19.8. The molecule has 188 valence electrons. The Hall–Kier alpha value is -1.00. The lowest BCUT2D eigenvalue weighted by Gasteiger charge is -2.56. The van der Waals surface area contributed by atoms with Gasteiger partial charge in [0.1, 0.15) is 25.0 Å². The standard InChI is InChI=1S/C23H37ClFN3O5/c1-13(2)21-26-17(11-33-21)20(31)28-22-5-7-23(8-6-22,18(29)10-22)27-19(30)12-32-14-3-4-15(24)16(25)9-14/h13-18,21,26,29H,3-12H2,1-2H3,(H,27,30)(H,28,31). The number of fused-ring (bicyclic) bond motifs is 3. The van der Waals surface area contributed by atoms with Crippen LogP contribution in [0.4, 0.5) is 4.39 Å². The maximum absolute atomic E-state index is 13.8. The summed E-state index contributed by atoms with van der Waals surface area (Å²) < 4.78 is 25.1. The van der Waals surface area contributed by atoms with Crippen LogP contribution in [0.1, 0.15) is 65.2 Å². The van der Waals surface area contributed by atoms with Crippen LogP contribution < -0.4 is 16.0 Å². The largest absolute Gasteiger partial charge is 0.391 e. The molecule has 4 saturated carbocycles. The highest BCUT2D eigenvalue weighted by Crippen LogP contribution is 2.47. The zero-order chi connectivity index (χ0) is 23.8. The Balaban J connectivity index is 1.26. The summed E-state index contributed by atoms with van der Waals surface area (Å²) in [5.74, 6) is -0.132. The van der Waals surface area contributed by atoms with E-state index in [4.69, 9.17) is 21.1 Å². The lowest BCUT2D eigenvalue weighted by Crippen LogP contribution is -2.71. The molecule has 1 saturated heterocycles. The van der Waals surface area contributed by atoms with E-state index in [2.05, 4.69) is 16.0 Å². The van der Waals surface area contributed by atoms with Gasteiger partial charge >= 0.3 is 0 Å². The van der Waals surface area contributed by atoms with E-state index in [1.165, 1.54) is 0 Å². The summed E-state index contributed by atoms with van der Waals surface area (Å²) in [6, 6.07) is -0.396. The predicted molar refractivity (Wildman–Crippen MR) is 120 cm³/mol. The Labute approximate surface area is 199 Å². The number of rotatable bonds is 7. The summed E-state index contributed by atoms with van der Waals surface area (Å²) in [4.78, 5) is 25.4. The van der Waals surface area contributed by atoms with Crippen molar-refractivity contribution < 1.29 is 28.6 Å². The molecule has 33 heavy (non-hydrogen) atoms. The van der Waals surface area contributed by atoms with Crippen molar-refractivity contribution in [3.63, 3.8) is 0 Å². The van der Waals surface area contributed by atoms with Crippen LogP contribution in [0, 0.1) is 5.92 Å². The summed E-state index contributed by atoms with van der Waals surface area (Å²) in [6.07, 6.45) is 1.96. The molecule has 6 atom stereocenters. The van der Waals surface area contributed by atoms with Crippen LogP contribution in [0.2, 0.25) is 0 Å². The number of amides is 2. The second kappa shape index (κ2) is 9.93. The Morgan fingerprint density at radius 3 is 2.58 bits per heavy atom. The summed E-state index contributed by atoms with van der Waals surface area (Å²) >= 11 is 5.91. The van der Waals surface area contributed by atoms with Crippen molar-refractivity contribution in [1.82, 2.24) is 16.0 Å². The van der Waals surface area contributed by atoms with Crippen molar-refractivity contribution >= 4 is 23.4 Å². The van der Waals surface area contributed by atoms with Gasteiger partial charge in [0.15, 0.2) is 0 Å². The van der Waals surface area contributed by atoms with Gasteiger partial charge in [0.2, 0.25) is 11.8 Å². The van der Waals surface area contributed by atoms with Crippen molar-refractivity contribution in [2.45, 2.75) is 112 Å². The highest BCUT2D eigenvalue weighted by Gasteiger charge is 2.55. The molecule has 0 radical (unpaired) electrons. The van der Waals surface area contributed by atoms with Crippen LogP contribution in [0.15, 0.2) is 0 Å². The Morgan fingerprint density at radius 1 is 1.24 bits per heavy atom. The number of nitrogens with one attached hydrogen (secondary N) is 3. The number of ether oxygens (including phenoxy) is 2. The minimum absolute atomic E-state index is 0.102. The minimum Gasteiger partial charge on any atom is -0.391 e. The lowest BCUT2D eigenvalue weighted by molar-refractivity contribution is -0.140. The SMILES string of the molecule is CC(C)C1NC(C(=O)NC23CCC(NC(=O)COC4CCC(Cl)C(F)C4)(CC2)C(O)C3)CO1. The van der Waals surface area contributed by atoms with E-state index in [0.717, 1.165) is 0 Å². The molecule has 0 aromatic rings. The van der Waals surface area contributed by atoms with Crippen molar-refractivity contribution in [3.8, 4) is 0 Å². The molecule has 10 heteroatoms. The zero-order valence-corrected chi connectivity index (χ0v) is 20.2. The first kappa shape index (κ1) is 25.1. The van der Waals surface area contributed by atoms with Gasteiger partial charge in [-0.3, -0.25) is 14.9 Å². The number of aliphatic hydroxyl groups excluding tert-OH is 1. The van der Waals surface area contributed by atoms with Gasteiger partial charge < -0.3 is 25.2 Å². The van der Waals surface area contributed by atoms with Crippen LogP contribution in [-0.2, 0) is 19.1 Å². The molecule has 5 rings (SSSR count). The molecule has 1 heterocycles. The molecule has 0 aromatic carbocycles. The molecule has 1 aliphatic heterocycles. The van der Waals surface area contributed by atoms with E-state index in [9.17, 15) is 19.1 Å².